The van der Waals surface area contributed by atoms with Gasteiger partial charge in [0.05, 0.1) is 21.5 Å². The summed E-state index contributed by atoms with van der Waals surface area (Å²) >= 11 is 0. The third kappa shape index (κ3) is 5.51. The molecule has 0 saturated carbocycles. The average Bonchev–Trinajstić information content (AvgIpc) is 2.83. The van der Waals surface area contributed by atoms with E-state index in [9.17, 15) is 29.9 Å². The van der Waals surface area contributed by atoms with Crippen LogP contribution in [0.4, 0.5) is 5.69 Å². The van der Waals surface area contributed by atoms with E-state index in [1.54, 1.807) is 31.9 Å². The van der Waals surface area contributed by atoms with Crippen LogP contribution in [0.3, 0.4) is 0 Å². The van der Waals surface area contributed by atoms with Gasteiger partial charge < -0.3 is 20.0 Å². The van der Waals surface area contributed by atoms with Crippen molar-refractivity contribution >= 4 is 17.6 Å². The Bertz CT molecular complexity index is 1160. The lowest BCUT2D eigenvalue weighted by Gasteiger charge is -2.48. The Morgan fingerprint density at radius 1 is 1.08 bits per heavy atom. The fraction of sp³-hybridized carbons (Fsp3) is 0.500. The number of hydrogen-bond acceptors (Lipinski definition) is 7. The van der Waals surface area contributed by atoms with Crippen LogP contribution in [0.2, 0.25) is 0 Å². The lowest BCUT2D eigenvalue weighted by atomic mass is 9.59. The normalized spacial score (nSPS) is 19.0. The van der Waals surface area contributed by atoms with Crippen LogP contribution in [0, 0.1) is 15.5 Å². The van der Waals surface area contributed by atoms with Crippen LogP contribution < -0.4 is 0 Å². The molecule has 3 rings (SSSR count). The fourth-order valence-electron chi connectivity index (χ4n) is 6.15. The first-order valence-corrected chi connectivity index (χ1v) is 12.7. The van der Waals surface area contributed by atoms with E-state index in [0.717, 1.165) is 32.7 Å². The number of non-ortho nitro benzene ring substituents is 1. The lowest BCUT2D eigenvalue weighted by molar-refractivity contribution is -0.385. The number of hydrogen-bond donors (Lipinski definition) is 2. The summed E-state index contributed by atoms with van der Waals surface area (Å²) in [4.78, 5) is 43.2. The molecular formula is C28H38N4O6. The third-order valence-corrected chi connectivity index (χ3v) is 7.81. The zero-order valence-corrected chi connectivity index (χ0v) is 22.9. The molecule has 38 heavy (non-hydrogen) atoms. The van der Waals surface area contributed by atoms with Gasteiger partial charge in [-0.1, -0.05) is 32.1 Å². The van der Waals surface area contributed by atoms with Gasteiger partial charge in [-0.3, -0.25) is 15.0 Å². The highest BCUT2D eigenvalue weighted by Gasteiger charge is 2.54. The predicted molar refractivity (Wildman–Crippen MR) is 145 cm³/mol. The van der Waals surface area contributed by atoms with E-state index in [0.29, 0.717) is 17.9 Å². The maximum atomic E-state index is 12.9. The second-order valence-corrected chi connectivity index (χ2v) is 11.0. The second-order valence-electron chi connectivity index (χ2n) is 11.0. The number of nitro benzene ring substituents is 1. The number of piperazine rings is 1. The molecule has 1 saturated heterocycles. The maximum Gasteiger partial charge on any atom is 0.334 e. The van der Waals surface area contributed by atoms with Gasteiger partial charge in [-0.2, -0.15) is 0 Å². The Morgan fingerprint density at radius 3 is 2.08 bits per heavy atom. The van der Waals surface area contributed by atoms with E-state index in [1.165, 1.54) is 18.2 Å². The Labute approximate surface area is 223 Å². The van der Waals surface area contributed by atoms with Gasteiger partial charge in [0.25, 0.3) is 5.69 Å². The van der Waals surface area contributed by atoms with Crippen LogP contribution in [0.25, 0.3) is 0 Å². The third-order valence-electron chi connectivity index (χ3n) is 7.81. The fourth-order valence-corrected chi connectivity index (χ4v) is 6.15. The molecule has 206 valence electrons. The van der Waals surface area contributed by atoms with Gasteiger partial charge in [-0.15, -0.1) is 6.58 Å². The van der Waals surface area contributed by atoms with Crippen LogP contribution in [0.5, 0.6) is 0 Å². The Kier molecular flexibility index (Phi) is 8.48. The Hall–Kier alpha value is -3.50. The van der Waals surface area contributed by atoms with Gasteiger partial charge >= 0.3 is 11.9 Å². The predicted octanol–water partition coefficient (Wildman–Crippen LogP) is 3.72. The maximum absolute atomic E-state index is 12.9. The van der Waals surface area contributed by atoms with Crippen molar-refractivity contribution in [2.75, 3.05) is 46.3 Å². The summed E-state index contributed by atoms with van der Waals surface area (Å²) in [6.45, 7) is 16.0. The molecule has 2 heterocycles. The number of benzene rings is 1. The molecule has 0 bridgehead atoms. The van der Waals surface area contributed by atoms with Gasteiger partial charge in [0, 0.05) is 69.8 Å². The van der Waals surface area contributed by atoms with Gasteiger partial charge in [0.1, 0.15) is 0 Å². The zero-order valence-electron chi connectivity index (χ0n) is 22.9. The van der Waals surface area contributed by atoms with E-state index in [4.69, 9.17) is 0 Å². The number of allylic oxidation sites excluding steroid dienone is 2. The van der Waals surface area contributed by atoms with Gasteiger partial charge in [0.15, 0.2) is 0 Å². The second kappa shape index (κ2) is 11.1. The van der Waals surface area contributed by atoms with Crippen molar-refractivity contribution in [1.82, 2.24) is 14.7 Å². The van der Waals surface area contributed by atoms with E-state index in [-0.39, 0.29) is 28.8 Å². The standard InChI is InChI=1S/C28H38N4O6/c1-7-11-30-12-14-31(15-13-30)18-27(4,5)17-28(21-9-8-10-22(16-21)32(37)38)23(25(33)34)19(2)29(6)20(3)24(28)26(35)36/h7-10,16H,1,11-15,17-18H2,2-6H3,(H,33,34)(H,35,36). The van der Waals surface area contributed by atoms with Crippen molar-refractivity contribution in [3.8, 4) is 0 Å². The first-order chi connectivity index (χ1) is 17.7. The van der Waals surface area contributed by atoms with Crippen LogP contribution in [0.1, 0.15) is 39.7 Å². The summed E-state index contributed by atoms with van der Waals surface area (Å²) in [5.74, 6) is -2.50. The van der Waals surface area contributed by atoms with Gasteiger partial charge in [-0.25, -0.2) is 9.59 Å². The first-order valence-electron chi connectivity index (χ1n) is 12.7. The van der Waals surface area contributed by atoms with E-state index in [2.05, 4.69) is 16.4 Å². The van der Waals surface area contributed by atoms with Crippen LogP contribution >= 0.6 is 0 Å². The average molecular weight is 527 g/mol. The number of aliphatic carboxylic acids is 2. The molecule has 0 radical (unpaired) electrons. The molecule has 0 atom stereocenters. The molecule has 1 aromatic carbocycles. The van der Waals surface area contributed by atoms with Crippen molar-refractivity contribution in [3.05, 3.63) is 75.1 Å². The minimum Gasteiger partial charge on any atom is -0.478 e. The molecule has 2 aliphatic heterocycles. The van der Waals surface area contributed by atoms with Gasteiger partial charge in [0.2, 0.25) is 0 Å². The number of nitro groups is 1. The molecule has 1 fully saturated rings. The molecule has 0 aromatic heterocycles. The highest BCUT2D eigenvalue weighted by atomic mass is 16.6. The highest BCUT2D eigenvalue weighted by molar-refractivity contribution is 6.00. The molecule has 0 aliphatic carbocycles. The summed E-state index contributed by atoms with van der Waals surface area (Å²) in [7, 11) is 1.64. The van der Waals surface area contributed by atoms with E-state index < -0.39 is 27.7 Å². The largest absolute Gasteiger partial charge is 0.478 e. The van der Waals surface area contributed by atoms with Crippen LogP contribution in [-0.4, -0.2) is 88.1 Å². The number of rotatable bonds is 10. The molecule has 0 spiro atoms. The van der Waals surface area contributed by atoms with Crippen molar-refractivity contribution in [2.24, 2.45) is 5.41 Å². The molecule has 2 N–H and O–H groups in total. The zero-order chi connectivity index (χ0) is 28.4. The number of carbonyl (C=O) groups is 2. The summed E-state index contributed by atoms with van der Waals surface area (Å²) in [5.41, 5.74) is -1.44. The number of nitrogens with zero attached hydrogens (tertiary/aromatic N) is 4. The SMILES string of the molecule is C=CCN1CCN(CC(C)(C)CC2(c3cccc([N+](=O)[O-])c3)C(C(=O)O)=C(C)N(C)C(C)=C2C(=O)O)CC1. The highest BCUT2D eigenvalue weighted by Crippen LogP contribution is 2.53. The quantitative estimate of drug-likeness (QED) is 0.266. The number of carboxylic acids is 2. The molecule has 0 amide bonds. The minimum absolute atomic E-state index is 0.0765. The molecule has 0 unspecified atom stereocenters. The molecule has 2 aliphatic rings. The van der Waals surface area contributed by atoms with E-state index in [1.807, 2.05) is 19.9 Å². The number of carboxylic acid groups (broad SMARTS) is 2. The van der Waals surface area contributed by atoms with Gasteiger partial charge in [-0.05, 0) is 31.2 Å². The molecule has 10 nitrogen and oxygen atoms in total. The van der Waals surface area contributed by atoms with Crippen molar-refractivity contribution < 1.29 is 24.7 Å². The summed E-state index contributed by atoms with van der Waals surface area (Å²) in [6, 6.07) is 5.74. The summed E-state index contributed by atoms with van der Waals surface area (Å²) in [5, 5.41) is 32.8. The summed E-state index contributed by atoms with van der Waals surface area (Å²) < 4.78 is 0. The summed E-state index contributed by atoms with van der Waals surface area (Å²) in [6.07, 6.45) is 2.02. The Balaban J connectivity index is 2.20. The molecular weight excluding hydrogens is 488 g/mol. The smallest absolute Gasteiger partial charge is 0.334 e. The lowest BCUT2D eigenvalue weighted by Crippen LogP contribution is -2.52. The molecule has 1 aromatic rings. The van der Waals surface area contributed by atoms with Crippen LogP contribution in [-0.2, 0) is 15.0 Å². The van der Waals surface area contributed by atoms with Crippen molar-refractivity contribution in [1.29, 1.82) is 0 Å². The van der Waals surface area contributed by atoms with Crippen LogP contribution in [0.15, 0.2) is 59.5 Å². The van der Waals surface area contributed by atoms with Crippen molar-refractivity contribution in [3.63, 3.8) is 0 Å². The van der Waals surface area contributed by atoms with Crippen molar-refractivity contribution in [2.45, 2.75) is 39.5 Å². The Morgan fingerprint density at radius 2 is 1.61 bits per heavy atom. The molecule has 10 heteroatoms. The minimum atomic E-state index is -1.61. The monoisotopic (exact) mass is 526 g/mol. The topological polar surface area (TPSA) is 127 Å². The van der Waals surface area contributed by atoms with E-state index >= 15 is 0 Å². The first kappa shape index (κ1) is 29.1.